The molecule has 0 radical (unpaired) electrons. The van der Waals surface area contributed by atoms with E-state index in [1.165, 1.54) is 25.7 Å². The predicted octanol–water partition coefficient (Wildman–Crippen LogP) is 5.96. The van der Waals surface area contributed by atoms with Gasteiger partial charge in [0, 0.05) is 12.5 Å². The topological polar surface area (TPSA) is 64.6 Å². The van der Waals surface area contributed by atoms with Crippen LogP contribution in [-0.4, -0.2) is 23.9 Å². The summed E-state index contributed by atoms with van der Waals surface area (Å²) in [6, 6.07) is -0.00918. The zero-order valence-corrected chi connectivity index (χ0v) is 19.9. The Morgan fingerprint density at radius 3 is 1.50 bits per heavy atom. The molecule has 0 aromatic rings. The van der Waals surface area contributed by atoms with Gasteiger partial charge in [0.05, 0.1) is 10.8 Å². The average Bonchev–Trinajstić information content (AvgIpc) is 2.51. The van der Waals surface area contributed by atoms with Crippen molar-refractivity contribution in [2.45, 2.75) is 126 Å². The van der Waals surface area contributed by atoms with Gasteiger partial charge in [-0.15, -0.1) is 0 Å². The van der Waals surface area contributed by atoms with Crippen LogP contribution in [0.25, 0.3) is 0 Å². The Bertz CT molecular complexity index is 444. The Morgan fingerprint density at radius 2 is 1.14 bits per heavy atom. The van der Waals surface area contributed by atoms with E-state index in [9.17, 15) is 9.59 Å². The summed E-state index contributed by atoms with van der Waals surface area (Å²) in [5, 5.41) is 3.22. The first kappa shape index (κ1) is 26.9. The summed E-state index contributed by atoms with van der Waals surface area (Å²) in [7, 11) is 0. The maximum Gasteiger partial charge on any atom is 0.318 e. The van der Waals surface area contributed by atoms with Crippen LogP contribution in [0.15, 0.2) is 0 Å². The normalized spacial score (nSPS) is 12.9. The molecule has 0 unspecified atom stereocenters. The number of carbonyl (C=O) groups excluding carboxylic acids is 2. The SMILES string of the molecule is CCCCCCCCCC(NC(C)C)(OC(=O)C(C)(C)C)OC(=O)C(C)(C)C. The van der Waals surface area contributed by atoms with Crippen LogP contribution in [0.5, 0.6) is 0 Å². The molecule has 0 saturated carbocycles. The molecule has 0 saturated heterocycles. The van der Waals surface area contributed by atoms with E-state index in [1.807, 2.05) is 13.8 Å². The van der Waals surface area contributed by atoms with E-state index >= 15 is 0 Å². The van der Waals surface area contributed by atoms with Crippen molar-refractivity contribution < 1.29 is 19.1 Å². The summed E-state index contributed by atoms with van der Waals surface area (Å²) in [4.78, 5) is 25.3. The number of ether oxygens (including phenoxy) is 2. The molecule has 0 aromatic heterocycles. The van der Waals surface area contributed by atoms with Crippen molar-refractivity contribution in [2.24, 2.45) is 10.8 Å². The lowest BCUT2D eigenvalue weighted by molar-refractivity contribution is -0.255. The van der Waals surface area contributed by atoms with Crippen LogP contribution in [0.3, 0.4) is 0 Å². The van der Waals surface area contributed by atoms with Gasteiger partial charge < -0.3 is 9.47 Å². The van der Waals surface area contributed by atoms with Crippen LogP contribution in [-0.2, 0) is 19.1 Å². The smallest absolute Gasteiger partial charge is 0.318 e. The molecule has 0 aliphatic rings. The van der Waals surface area contributed by atoms with E-state index in [-0.39, 0.29) is 18.0 Å². The van der Waals surface area contributed by atoms with Gasteiger partial charge in [0.15, 0.2) is 0 Å². The molecule has 0 heterocycles. The van der Waals surface area contributed by atoms with Crippen molar-refractivity contribution in [2.75, 3.05) is 0 Å². The van der Waals surface area contributed by atoms with Gasteiger partial charge in [0.2, 0.25) is 0 Å². The fourth-order valence-corrected chi connectivity index (χ4v) is 2.61. The van der Waals surface area contributed by atoms with Crippen molar-refractivity contribution in [3.05, 3.63) is 0 Å². The highest BCUT2D eigenvalue weighted by atomic mass is 16.8. The highest BCUT2D eigenvalue weighted by Crippen LogP contribution is 2.29. The monoisotopic (exact) mass is 399 g/mol. The van der Waals surface area contributed by atoms with Gasteiger partial charge in [0.25, 0.3) is 0 Å². The first-order valence-electron chi connectivity index (χ1n) is 11.0. The number of hydrogen-bond donors (Lipinski definition) is 1. The standard InChI is InChI=1S/C23H45NO4/c1-10-11-12-13-14-15-16-17-23(24-18(2)3,27-19(25)21(4,5)6)28-20(26)22(7,8)9/h18,24H,10-17H2,1-9H3. The second-order valence-electron chi connectivity index (χ2n) is 10.2. The Hall–Kier alpha value is -1.10. The van der Waals surface area contributed by atoms with Crippen molar-refractivity contribution in [3.8, 4) is 0 Å². The molecular formula is C23H45NO4. The molecule has 1 N–H and O–H groups in total. The fourth-order valence-electron chi connectivity index (χ4n) is 2.61. The van der Waals surface area contributed by atoms with E-state index in [1.54, 1.807) is 41.5 Å². The fraction of sp³-hybridized carbons (Fsp3) is 0.913. The van der Waals surface area contributed by atoms with Gasteiger partial charge in [0.1, 0.15) is 0 Å². The summed E-state index contributed by atoms with van der Waals surface area (Å²) in [5.74, 6) is -2.19. The van der Waals surface area contributed by atoms with Crippen molar-refractivity contribution in [3.63, 3.8) is 0 Å². The van der Waals surface area contributed by atoms with Gasteiger partial charge in [-0.05, 0) is 61.8 Å². The van der Waals surface area contributed by atoms with Crippen molar-refractivity contribution >= 4 is 11.9 Å². The number of rotatable bonds is 12. The average molecular weight is 400 g/mol. The zero-order valence-electron chi connectivity index (χ0n) is 19.9. The van der Waals surface area contributed by atoms with Gasteiger partial charge in [-0.25, -0.2) is 5.32 Å². The highest BCUT2D eigenvalue weighted by molar-refractivity contribution is 5.77. The third kappa shape index (κ3) is 11.0. The minimum atomic E-state index is -1.42. The molecule has 0 atom stereocenters. The summed E-state index contributed by atoms with van der Waals surface area (Å²) in [6.45, 7) is 16.9. The summed E-state index contributed by atoms with van der Waals surface area (Å²) >= 11 is 0. The third-order valence-electron chi connectivity index (χ3n) is 4.36. The zero-order chi connectivity index (χ0) is 22.0. The largest absolute Gasteiger partial charge is 0.408 e. The van der Waals surface area contributed by atoms with E-state index in [4.69, 9.17) is 9.47 Å². The first-order valence-corrected chi connectivity index (χ1v) is 11.0. The molecule has 0 fully saturated rings. The van der Waals surface area contributed by atoms with Gasteiger partial charge in [-0.2, -0.15) is 0 Å². The van der Waals surface area contributed by atoms with Crippen LogP contribution in [0.4, 0.5) is 0 Å². The number of nitrogens with one attached hydrogen (secondary N) is 1. The molecule has 5 nitrogen and oxygen atoms in total. The Kier molecular flexibility index (Phi) is 11.3. The number of carbonyl (C=O) groups is 2. The molecule has 0 spiro atoms. The molecule has 0 amide bonds. The summed E-state index contributed by atoms with van der Waals surface area (Å²) in [5.41, 5.74) is -1.36. The minimum absolute atomic E-state index is 0.00918. The number of unbranched alkanes of at least 4 members (excludes halogenated alkanes) is 6. The maximum absolute atomic E-state index is 12.6. The molecule has 0 aromatic carbocycles. The van der Waals surface area contributed by atoms with Crippen LogP contribution < -0.4 is 5.32 Å². The molecule has 0 aliphatic carbocycles. The third-order valence-corrected chi connectivity index (χ3v) is 4.36. The maximum atomic E-state index is 12.6. The number of hydrogen-bond acceptors (Lipinski definition) is 5. The predicted molar refractivity (Wildman–Crippen MR) is 115 cm³/mol. The highest BCUT2D eigenvalue weighted by Gasteiger charge is 2.43. The quantitative estimate of drug-likeness (QED) is 0.249. The van der Waals surface area contributed by atoms with Crippen LogP contribution >= 0.6 is 0 Å². The number of esters is 2. The van der Waals surface area contributed by atoms with E-state index in [2.05, 4.69) is 12.2 Å². The van der Waals surface area contributed by atoms with Crippen LogP contribution in [0.2, 0.25) is 0 Å². The van der Waals surface area contributed by atoms with Crippen LogP contribution in [0, 0.1) is 10.8 Å². The lowest BCUT2D eigenvalue weighted by atomic mass is 9.96. The van der Waals surface area contributed by atoms with Crippen LogP contribution in [0.1, 0.15) is 114 Å². The first-order chi connectivity index (χ1) is 12.7. The molecule has 0 bridgehead atoms. The van der Waals surface area contributed by atoms with Crippen molar-refractivity contribution in [1.29, 1.82) is 0 Å². The molecule has 5 heteroatoms. The Morgan fingerprint density at radius 1 is 0.750 bits per heavy atom. The molecular weight excluding hydrogens is 354 g/mol. The van der Waals surface area contributed by atoms with E-state index < -0.39 is 16.7 Å². The lowest BCUT2D eigenvalue weighted by Crippen LogP contribution is -2.57. The molecule has 28 heavy (non-hydrogen) atoms. The minimum Gasteiger partial charge on any atom is -0.408 e. The molecule has 0 rings (SSSR count). The van der Waals surface area contributed by atoms with E-state index in [0.29, 0.717) is 6.42 Å². The van der Waals surface area contributed by atoms with E-state index in [0.717, 1.165) is 19.3 Å². The summed E-state index contributed by atoms with van der Waals surface area (Å²) in [6.07, 6.45) is 8.39. The lowest BCUT2D eigenvalue weighted by Gasteiger charge is -2.38. The second kappa shape index (κ2) is 11.8. The molecule has 166 valence electrons. The van der Waals surface area contributed by atoms with Gasteiger partial charge in [-0.3, -0.25) is 9.59 Å². The van der Waals surface area contributed by atoms with Gasteiger partial charge >= 0.3 is 17.8 Å². The van der Waals surface area contributed by atoms with Crippen molar-refractivity contribution in [1.82, 2.24) is 5.32 Å². The summed E-state index contributed by atoms with van der Waals surface area (Å²) < 4.78 is 11.7. The molecule has 0 aliphatic heterocycles. The second-order valence-corrected chi connectivity index (χ2v) is 10.2. The Labute approximate surface area is 173 Å². The Balaban J connectivity index is 5.30. The van der Waals surface area contributed by atoms with Gasteiger partial charge in [-0.1, -0.05) is 45.4 Å².